The number of rotatable bonds is 4. The lowest BCUT2D eigenvalue weighted by Crippen LogP contribution is -2.36. The monoisotopic (exact) mass is 258 g/mol. The molecule has 0 atom stereocenters. The summed E-state index contributed by atoms with van der Waals surface area (Å²) in [5.41, 5.74) is 8.04. The first-order valence-corrected chi connectivity index (χ1v) is 6.13. The quantitative estimate of drug-likeness (QED) is 0.785. The zero-order valence-corrected chi connectivity index (χ0v) is 11.1. The molecule has 100 valence electrons. The van der Waals surface area contributed by atoms with E-state index in [1.165, 1.54) is 0 Å². The minimum atomic E-state index is -0.500. The molecule has 5 nitrogen and oxygen atoms in total. The highest BCUT2D eigenvalue weighted by atomic mass is 16.1. The summed E-state index contributed by atoms with van der Waals surface area (Å²) in [5.74, 6) is -0.0817. The molecule has 0 bridgehead atoms. The average molecular weight is 258 g/mol. The van der Waals surface area contributed by atoms with E-state index < -0.39 is 5.54 Å². The van der Waals surface area contributed by atoms with Crippen LogP contribution in [0.4, 0.5) is 5.69 Å². The summed E-state index contributed by atoms with van der Waals surface area (Å²) < 4.78 is 0. The van der Waals surface area contributed by atoms with E-state index in [1.54, 1.807) is 6.20 Å². The zero-order valence-electron chi connectivity index (χ0n) is 11.1. The van der Waals surface area contributed by atoms with Gasteiger partial charge >= 0.3 is 0 Å². The highest BCUT2D eigenvalue weighted by Crippen LogP contribution is 2.19. The summed E-state index contributed by atoms with van der Waals surface area (Å²) in [7, 11) is 0. The number of nitrogens with one attached hydrogen (secondary N) is 2. The van der Waals surface area contributed by atoms with E-state index in [1.807, 2.05) is 44.2 Å². The first-order chi connectivity index (χ1) is 8.94. The molecule has 1 aromatic heterocycles. The number of carbonyl (C=O) groups is 1. The van der Waals surface area contributed by atoms with Crippen molar-refractivity contribution >= 4 is 11.6 Å². The Labute approximate surface area is 112 Å². The number of carbonyl (C=O) groups excluding carboxylic acids is 1. The van der Waals surface area contributed by atoms with E-state index in [0.29, 0.717) is 0 Å². The van der Waals surface area contributed by atoms with Gasteiger partial charge in [-0.15, -0.1) is 0 Å². The minimum absolute atomic E-state index is 0.0817. The number of aromatic nitrogens is 2. The second-order valence-electron chi connectivity index (χ2n) is 5.26. The van der Waals surface area contributed by atoms with Crippen LogP contribution < -0.4 is 11.1 Å². The van der Waals surface area contributed by atoms with Crippen LogP contribution in [0.1, 0.15) is 20.3 Å². The summed E-state index contributed by atoms with van der Waals surface area (Å²) in [6, 6.07) is 9.47. The molecule has 1 heterocycles. The molecule has 0 aliphatic carbocycles. The van der Waals surface area contributed by atoms with E-state index in [9.17, 15) is 4.79 Å². The second-order valence-corrected chi connectivity index (χ2v) is 5.26. The van der Waals surface area contributed by atoms with Gasteiger partial charge in [0.05, 0.1) is 5.69 Å². The van der Waals surface area contributed by atoms with Crippen LogP contribution in [0, 0.1) is 0 Å². The number of benzene rings is 1. The van der Waals surface area contributed by atoms with Crippen molar-refractivity contribution in [3.8, 4) is 11.3 Å². The molecule has 4 N–H and O–H groups in total. The van der Waals surface area contributed by atoms with Crippen molar-refractivity contribution in [2.24, 2.45) is 5.73 Å². The Morgan fingerprint density at radius 3 is 2.53 bits per heavy atom. The summed E-state index contributed by atoms with van der Waals surface area (Å²) >= 11 is 0. The van der Waals surface area contributed by atoms with E-state index in [0.717, 1.165) is 16.9 Å². The Hall–Kier alpha value is -2.14. The maximum Gasteiger partial charge on any atom is 0.226 e. The number of amides is 1. The predicted molar refractivity (Wildman–Crippen MR) is 75.5 cm³/mol. The summed E-state index contributed by atoms with van der Waals surface area (Å²) in [6.07, 6.45) is 1.99. The van der Waals surface area contributed by atoms with Gasteiger partial charge < -0.3 is 11.1 Å². The van der Waals surface area contributed by atoms with Gasteiger partial charge in [0.2, 0.25) is 5.91 Å². The van der Waals surface area contributed by atoms with Crippen LogP contribution in [0.15, 0.2) is 36.5 Å². The number of hydrogen-bond acceptors (Lipinski definition) is 3. The van der Waals surface area contributed by atoms with E-state index in [4.69, 9.17) is 5.73 Å². The smallest absolute Gasteiger partial charge is 0.226 e. The molecule has 0 radical (unpaired) electrons. The Bertz CT molecular complexity index is 538. The molecule has 1 amide bonds. The lowest BCUT2D eigenvalue weighted by Gasteiger charge is -2.17. The van der Waals surface area contributed by atoms with Crippen LogP contribution >= 0.6 is 0 Å². The molecule has 2 rings (SSSR count). The van der Waals surface area contributed by atoms with Gasteiger partial charge in [0, 0.05) is 23.8 Å². The molecular weight excluding hydrogens is 240 g/mol. The normalized spacial score (nSPS) is 11.3. The molecule has 0 aliphatic rings. The lowest BCUT2D eigenvalue weighted by molar-refractivity contribution is -0.117. The van der Waals surface area contributed by atoms with Crippen molar-refractivity contribution in [3.63, 3.8) is 0 Å². The number of nitrogens with two attached hydrogens (primary N) is 1. The number of hydrogen-bond donors (Lipinski definition) is 3. The minimum Gasteiger partial charge on any atom is -0.326 e. The van der Waals surface area contributed by atoms with Crippen molar-refractivity contribution in [3.05, 3.63) is 36.5 Å². The molecule has 5 heteroatoms. The molecule has 0 aliphatic heterocycles. The van der Waals surface area contributed by atoms with Gasteiger partial charge in [-0.05, 0) is 37.6 Å². The summed E-state index contributed by atoms with van der Waals surface area (Å²) in [6.45, 7) is 3.65. The standard InChI is InChI=1S/C14H18N4O/c1-14(2,15)9-13(19)17-11-5-3-10(4-6-11)12-7-8-16-18-12/h3-8H,9,15H2,1-2H3,(H,16,18)(H,17,19). The Morgan fingerprint density at radius 2 is 2.00 bits per heavy atom. The Kier molecular flexibility index (Phi) is 3.66. The molecule has 0 saturated heterocycles. The third-order valence-corrected chi connectivity index (χ3v) is 2.60. The number of H-pyrrole nitrogens is 1. The van der Waals surface area contributed by atoms with Gasteiger partial charge in [-0.1, -0.05) is 12.1 Å². The van der Waals surface area contributed by atoms with Gasteiger partial charge in [-0.2, -0.15) is 5.10 Å². The molecule has 1 aromatic carbocycles. The Morgan fingerprint density at radius 1 is 1.32 bits per heavy atom. The van der Waals surface area contributed by atoms with Crippen molar-refractivity contribution in [2.45, 2.75) is 25.8 Å². The summed E-state index contributed by atoms with van der Waals surface area (Å²) in [5, 5.41) is 9.62. The average Bonchev–Trinajstić information content (AvgIpc) is 2.80. The van der Waals surface area contributed by atoms with Crippen LogP contribution in [0.25, 0.3) is 11.3 Å². The molecule has 0 spiro atoms. The summed E-state index contributed by atoms with van der Waals surface area (Å²) in [4.78, 5) is 11.7. The third-order valence-electron chi connectivity index (χ3n) is 2.60. The molecule has 19 heavy (non-hydrogen) atoms. The van der Waals surface area contributed by atoms with Gasteiger partial charge in [0.1, 0.15) is 0 Å². The van der Waals surface area contributed by atoms with Crippen molar-refractivity contribution < 1.29 is 4.79 Å². The van der Waals surface area contributed by atoms with Crippen LogP contribution in [-0.2, 0) is 4.79 Å². The van der Waals surface area contributed by atoms with Crippen molar-refractivity contribution in [1.29, 1.82) is 0 Å². The van der Waals surface area contributed by atoms with Crippen LogP contribution in [0.3, 0.4) is 0 Å². The SMILES string of the molecule is CC(C)(N)CC(=O)Nc1ccc(-c2ccn[nH]2)cc1. The number of aromatic amines is 1. The fourth-order valence-electron chi connectivity index (χ4n) is 1.77. The molecule has 0 unspecified atom stereocenters. The number of nitrogens with zero attached hydrogens (tertiary/aromatic N) is 1. The van der Waals surface area contributed by atoms with Crippen LogP contribution in [0.5, 0.6) is 0 Å². The first-order valence-electron chi connectivity index (χ1n) is 6.13. The van der Waals surface area contributed by atoms with E-state index in [-0.39, 0.29) is 12.3 Å². The molecular formula is C14H18N4O. The van der Waals surface area contributed by atoms with Crippen molar-refractivity contribution in [2.75, 3.05) is 5.32 Å². The van der Waals surface area contributed by atoms with Crippen LogP contribution in [-0.4, -0.2) is 21.6 Å². The first kappa shape index (κ1) is 13.3. The highest BCUT2D eigenvalue weighted by molar-refractivity contribution is 5.91. The van der Waals surface area contributed by atoms with E-state index in [2.05, 4.69) is 15.5 Å². The third kappa shape index (κ3) is 3.93. The van der Waals surface area contributed by atoms with Gasteiger partial charge in [0.25, 0.3) is 0 Å². The molecule has 2 aromatic rings. The maximum atomic E-state index is 11.7. The number of anilines is 1. The fourth-order valence-corrected chi connectivity index (χ4v) is 1.77. The maximum absolute atomic E-state index is 11.7. The predicted octanol–water partition coefficient (Wildman–Crippen LogP) is 2.14. The van der Waals surface area contributed by atoms with E-state index >= 15 is 0 Å². The van der Waals surface area contributed by atoms with Crippen LogP contribution in [0.2, 0.25) is 0 Å². The molecule has 0 fully saturated rings. The fraction of sp³-hybridized carbons (Fsp3) is 0.286. The highest BCUT2D eigenvalue weighted by Gasteiger charge is 2.16. The Balaban J connectivity index is 2.01. The topological polar surface area (TPSA) is 83.8 Å². The van der Waals surface area contributed by atoms with Gasteiger partial charge in [-0.3, -0.25) is 9.89 Å². The lowest BCUT2D eigenvalue weighted by atomic mass is 10.0. The van der Waals surface area contributed by atoms with Gasteiger partial charge in [-0.25, -0.2) is 0 Å². The van der Waals surface area contributed by atoms with Crippen molar-refractivity contribution in [1.82, 2.24) is 10.2 Å². The second kappa shape index (κ2) is 5.24. The van der Waals surface area contributed by atoms with Gasteiger partial charge in [0.15, 0.2) is 0 Å². The molecule has 0 saturated carbocycles. The largest absolute Gasteiger partial charge is 0.326 e. The zero-order chi connectivity index (χ0) is 13.9.